The van der Waals surface area contributed by atoms with Gasteiger partial charge in [0, 0.05) is 6.20 Å². The molecule has 7 heteroatoms. The van der Waals surface area contributed by atoms with Crippen molar-refractivity contribution in [3.8, 4) is 0 Å². The molecule has 0 aliphatic carbocycles. The Labute approximate surface area is 116 Å². The molecule has 3 N–H and O–H groups in total. The van der Waals surface area contributed by atoms with Crippen molar-refractivity contribution in [2.75, 3.05) is 18.2 Å². The Bertz CT molecular complexity index is 613. The standard InChI is InChI=1S/C13H15N5O2/c1-8-4-16-10(6-15-8)7-18-12-11(13(19)20-2)3-9(14)5-17-12/h3-6H,7,14H2,1-2H3,(H,17,18). The molecule has 0 amide bonds. The molecule has 2 aromatic rings. The molecule has 0 spiro atoms. The Kier molecular flexibility index (Phi) is 4.09. The van der Waals surface area contributed by atoms with E-state index in [4.69, 9.17) is 10.5 Å². The molecule has 0 atom stereocenters. The molecule has 0 aliphatic rings. The van der Waals surface area contributed by atoms with E-state index in [-0.39, 0.29) is 5.56 Å². The maximum Gasteiger partial charge on any atom is 0.341 e. The van der Waals surface area contributed by atoms with Crippen LogP contribution >= 0.6 is 0 Å². The van der Waals surface area contributed by atoms with Crippen molar-refractivity contribution in [1.82, 2.24) is 15.0 Å². The maximum absolute atomic E-state index is 11.7. The highest BCUT2D eigenvalue weighted by molar-refractivity contribution is 5.95. The van der Waals surface area contributed by atoms with E-state index in [0.717, 1.165) is 11.4 Å². The number of nitrogens with one attached hydrogen (secondary N) is 1. The zero-order chi connectivity index (χ0) is 14.5. The van der Waals surface area contributed by atoms with Gasteiger partial charge in [-0.05, 0) is 13.0 Å². The minimum Gasteiger partial charge on any atom is -0.465 e. The number of aromatic nitrogens is 3. The van der Waals surface area contributed by atoms with Crippen LogP contribution in [0.2, 0.25) is 0 Å². The van der Waals surface area contributed by atoms with Crippen LogP contribution in [0.25, 0.3) is 0 Å². The van der Waals surface area contributed by atoms with Gasteiger partial charge in [0.2, 0.25) is 0 Å². The van der Waals surface area contributed by atoms with Crippen molar-refractivity contribution in [3.05, 3.63) is 41.6 Å². The van der Waals surface area contributed by atoms with Crippen LogP contribution in [0.4, 0.5) is 11.5 Å². The average Bonchev–Trinajstić information content (AvgIpc) is 2.46. The lowest BCUT2D eigenvalue weighted by atomic mass is 10.2. The summed E-state index contributed by atoms with van der Waals surface area (Å²) in [6.07, 6.45) is 4.81. The van der Waals surface area contributed by atoms with Crippen LogP contribution in [0, 0.1) is 6.92 Å². The molecule has 2 aromatic heterocycles. The molecule has 2 heterocycles. The fourth-order valence-electron chi connectivity index (χ4n) is 1.57. The van der Waals surface area contributed by atoms with Gasteiger partial charge >= 0.3 is 5.97 Å². The van der Waals surface area contributed by atoms with E-state index in [1.807, 2.05) is 6.92 Å². The Morgan fingerprint density at radius 3 is 2.75 bits per heavy atom. The quantitative estimate of drug-likeness (QED) is 0.805. The lowest BCUT2D eigenvalue weighted by Crippen LogP contribution is -2.11. The lowest BCUT2D eigenvalue weighted by molar-refractivity contribution is 0.0601. The predicted octanol–water partition coefficient (Wildman–Crippen LogP) is 1.16. The van der Waals surface area contributed by atoms with E-state index in [2.05, 4.69) is 20.3 Å². The number of nitrogens with two attached hydrogens (primary N) is 1. The summed E-state index contributed by atoms with van der Waals surface area (Å²) >= 11 is 0. The summed E-state index contributed by atoms with van der Waals surface area (Å²) in [4.78, 5) is 24.1. The van der Waals surface area contributed by atoms with Crippen LogP contribution in [-0.2, 0) is 11.3 Å². The van der Waals surface area contributed by atoms with E-state index in [9.17, 15) is 4.79 Å². The first-order valence-corrected chi connectivity index (χ1v) is 5.95. The molecule has 0 radical (unpaired) electrons. The average molecular weight is 273 g/mol. The molecular weight excluding hydrogens is 258 g/mol. The van der Waals surface area contributed by atoms with Crippen molar-refractivity contribution in [2.45, 2.75) is 13.5 Å². The van der Waals surface area contributed by atoms with Crippen LogP contribution in [-0.4, -0.2) is 28.0 Å². The molecular formula is C13H15N5O2. The van der Waals surface area contributed by atoms with Gasteiger partial charge in [0.25, 0.3) is 0 Å². The Hall–Kier alpha value is -2.70. The Morgan fingerprint density at radius 2 is 2.10 bits per heavy atom. The number of nitrogens with zero attached hydrogens (tertiary/aromatic N) is 3. The molecule has 0 fully saturated rings. The summed E-state index contributed by atoms with van der Waals surface area (Å²) in [7, 11) is 1.31. The third kappa shape index (κ3) is 3.19. The number of pyridine rings is 1. The van der Waals surface area contributed by atoms with Crippen LogP contribution in [0.3, 0.4) is 0 Å². The minimum atomic E-state index is -0.498. The first-order chi connectivity index (χ1) is 9.60. The van der Waals surface area contributed by atoms with Gasteiger partial charge in [-0.1, -0.05) is 0 Å². The van der Waals surface area contributed by atoms with Crippen molar-refractivity contribution in [2.24, 2.45) is 0 Å². The van der Waals surface area contributed by atoms with Gasteiger partial charge in [0.15, 0.2) is 0 Å². The number of esters is 1. The summed E-state index contributed by atoms with van der Waals surface area (Å²) in [5, 5.41) is 3.02. The number of anilines is 2. The molecule has 104 valence electrons. The van der Waals surface area contributed by atoms with Crippen molar-refractivity contribution in [3.63, 3.8) is 0 Å². The van der Waals surface area contributed by atoms with E-state index in [1.54, 1.807) is 12.4 Å². The minimum absolute atomic E-state index is 0.285. The summed E-state index contributed by atoms with van der Waals surface area (Å²) in [5.41, 5.74) is 7.89. The summed E-state index contributed by atoms with van der Waals surface area (Å²) < 4.78 is 4.70. The molecule has 20 heavy (non-hydrogen) atoms. The number of carbonyl (C=O) groups excluding carboxylic acids is 1. The lowest BCUT2D eigenvalue weighted by Gasteiger charge is -2.10. The fourth-order valence-corrected chi connectivity index (χ4v) is 1.57. The van der Waals surface area contributed by atoms with E-state index in [1.165, 1.54) is 19.4 Å². The van der Waals surface area contributed by atoms with Gasteiger partial charge < -0.3 is 15.8 Å². The van der Waals surface area contributed by atoms with E-state index >= 15 is 0 Å². The third-order valence-corrected chi connectivity index (χ3v) is 2.59. The van der Waals surface area contributed by atoms with Crippen LogP contribution in [0.5, 0.6) is 0 Å². The number of methoxy groups -OCH3 is 1. The molecule has 0 aromatic carbocycles. The third-order valence-electron chi connectivity index (χ3n) is 2.59. The van der Waals surface area contributed by atoms with Gasteiger partial charge in [-0.15, -0.1) is 0 Å². The van der Waals surface area contributed by atoms with Crippen LogP contribution in [0.1, 0.15) is 21.7 Å². The topological polar surface area (TPSA) is 103 Å². The normalized spacial score (nSPS) is 10.1. The van der Waals surface area contributed by atoms with Crippen LogP contribution < -0.4 is 11.1 Å². The molecule has 0 unspecified atom stereocenters. The number of ether oxygens (including phenoxy) is 1. The van der Waals surface area contributed by atoms with E-state index in [0.29, 0.717) is 18.1 Å². The summed E-state index contributed by atoms with van der Waals surface area (Å²) in [6.45, 7) is 2.26. The monoisotopic (exact) mass is 273 g/mol. The van der Waals surface area contributed by atoms with Crippen molar-refractivity contribution >= 4 is 17.5 Å². The maximum atomic E-state index is 11.7. The van der Waals surface area contributed by atoms with Gasteiger partial charge in [0.05, 0.1) is 43.1 Å². The number of aryl methyl sites for hydroxylation is 1. The highest BCUT2D eigenvalue weighted by Crippen LogP contribution is 2.17. The molecule has 7 nitrogen and oxygen atoms in total. The first kappa shape index (κ1) is 13.7. The predicted molar refractivity (Wildman–Crippen MR) is 74.1 cm³/mol. The van der Waals surface area contributed by atoms with Gasteiger partial charge in [-0.2, -0.15) is 0 Å². The second-order valence-corrected chi connectivity index (χ2v) is 4.16. The number of carbonyl (C=O) groups is 1. The smallest absolute Gasteiger partial charge is 0.341 e. The molecule has 0 bridgehead atoms. The Balaban J connectivity index is 2.16. The number of hydrogen-bond acceptors (Lipinski definition) is 7. The largest absolute Gasteiger partial charge is 0.465 e. The summed E-state index contributed by atoms with van der Waals surface area (Å²) in [5.74, 6) is -0.101. The highest BCUT2D eigenvalue weighted by Gasteiger charge is 2.13. The SMILES string of the molecule is COC(=O)c1cc(N)cnc1NCc1cnc(C)cn1. The second kappa shape index (κ2) is 5.96. The summed E-state index contributed by atoms with van der Waals surface area (Å²) in [6, 6.07) is 1.52. The number of rotatable bonds is 4. The fraction of sp³-hybridized carbons (Fsp3) is 0.231. The van der Waals surface area contributed by atoms with Gasteiger partial charge in [0.1, 0.15) is 11.4 Å². The highest BCUT2D eigenvalue weighted by atomic mass is 16.5. The van der Waals surface area contributed by atoms with Crippen LogP contribution in [0.15, 0.2) is 24.7 Å². The van der Waals surface area contributed by atoms with Crippen molar-refractivity contribution < 1.29 is 9.53 Å². The molecule has 0 saturated heterocycles. The van der Waals surface area contributed by atoms with Gasteiger partial charge in [-0.3, -0.25) is 9.97 Å². The number of nitrogen functional groups attached to an aromatic ring is 1. The van der Waals surface area contributed by atoms with Gasteiger partial charge in [-0.25, -0.2) is 9.78 Å². The molecule has 0 aliphatic heterocycles. The second-order valence-electron chi connectivity index (χ2n) is 4.16. The molecule has 2 rings (SSSR count). The zero-order valence-electron chi connectivity index (χ0n) is 11.3. The van der Waals surface area contributed by atoms with Crippen molar-refractivity contribution in [1.29, 1.82) is 0 Å². The zero-order valence-corrected chi connectivity index (χ0v) is 11.3. The Morgan fingerprint density at radius 1 is 1.30 bits per heavy atom. The number of hydrogen-bond donors (Lipinski definition) is 2. The first-order valence-electron chi connectivity index (χ1n) is 5.95. The molecule has 0 saturated carbocycles. The van der Waals surface area contributed by atoms with E-state index < -0.39 is 5.97 Å².